The van der Waals surface area contributed by atoms with Gasteiger partial charge in [-0.1, -0.05) is 0 Å². The Labute approximate surface area is 91.5 Å². The molecule has 1 aliphatic heterocycles. The van der Waals surface area contributed by atoms with E-state index in [1.807, 2.05) is 7.05 Å². The summed E-state index contributed by atoms with van der Waals surface area (Å²) in [7, 11) is 1.84. The molecule has 0 bridgehead atoms. The Bertz CT molecular complexity index is 462. The van der Waals surface area contributed by atoms with E-state index in [0.717, 1.165) is 5.82 Å². The highest BCUT2D eigenvalue weighted by atomic mass is 16.2. The molecule has 0 fully saturated rings. The van der Waals surface area contributed by atoms with Gasteiger partial charge in [-0.2, -0.15) is 5.10 Å². The van der Waals surface area contributed by atoms with E-state index in [1.54, 1.807) is 17.0 Å². The first kappa shape index (κ1) is 10.3. The molecule has 0 unspecified atom stereocenters. The Kier molecular flexibility index (Phi) is 2.67. The van der Waals surface area contributed by atoms with Gasteiger partial charge in [-0.05, 0) is 0 Å². The van der Waals surface area contributed by atoms with Crippen molar-refractivity contribution in [2.24, 2.45) is 12.1 Å². The lowest BCUT2D eigenvalue weighted by Crippen LogP contribution is -2.30. The van der Waals surface area contributed by atoms with Crippen molar-refractivity contribution in [1.29, 1.82) is 0 Å². The highest BCUT2D eigenvalue weighted by Crippen LogP contribution is 1.97. The highest BCUT2D eigenvalue weighted by molar-refractivity contribution is 6.43. The van der Waals surface area contributed by atoms with Crippen molar-refractivity contribution >= 4 is 17.5 Å². The van der Waals surface area contributed by atoms with Gasteiger partial charge >= 0.3 is 0 Å². The number of hydrazone groups is 1. The molecule has 0 spiro atoms. The Morgan fingerprint density at radius 1 is 1.69 bits per heavy atom. The van der Waals surface area contributed by atoms with Crippen LogP contribution in [-0.4, -0.2) is 27.1 Å². The summed E-state index contributed by atoms with van der Waals surface area (Å²) in [6.07, 6.45) is 3.48. The average Bonchev–Trinajstić information content (AvgIpc) is 2.84. The Balaban J connectivity index is 1.89. The topological polar surface area (TPSA) is 88.4 Å². The van der Waals surface area contributed by atoms with Gasteiger partial charge in [0.15, 0.2) is 0 Å². The van der Waals surface area contributed by atoms with E-state index in [0.29, 0.717) is 6.54 Å². The number of amides is 2. The summed E-state index contributed by atoms with van der Waals surface area (Å²) in [4.78, 5) is 26.4. The minimum absolute atomic E-state index is 0.0341. The second-order valence-corrected chi connectivity index (χ2v) is 3.41. The van der Waals surface area contributed by atoms with Crippen LogP contribution < -0.4 is 10.7 Å². The number of nitrogens with zero attached hydrogens (tertiary/aromatic N) is 3. The lowest BCUT2D eigenvalue weighted by molar-refractivity contribution is -0.120. The van der Waals surface area contributed by atoms with Crippen LogP contribution in [0.1, 0.15) is 12.2 Å². The average molecular weight is 221 g/mol. The molecule has 0 saturated heterocycles. The molecule has 2 N–H and O–H groups in total. The van der Waals surface area contributed by atoms with Crippen molar-refractivity contribution in [1.82, 2.24) is 20.3 Å². The molecule has 84 valence electrons. The number of carbonyl (C=O) groups is 2. The monoisotopic (exact) mass is 221 g/mol. The predicted molar refractivity (Wildman–Crippen MR) is 55.2 cm³/mol. The third-order valence-corrected chi connectivity index (χ3v) is 2.23. The third-order valence-electron chi connectivity index (χ3n) is 2.23. The maximum absolute atomic E-state index is 11.5. The van der Waals surface area contributed by atoms with E-state index in [-0.39, 0.29) is 23.9 Å². The molecule has 0 aliphatic carbocycles. The summed E-state index contributed by atoms with van der Waals surface area (Å²) in [6, 6.07) is 0. The van der Waals surface area contributed by atoms with E-state index in [2.05, 4.69) is 20.8 Å². The molecule has 1 aromatic rings. The van der Waals surface area contributed by atoms with E-state index in [1.165, 1.54) is 0 Å². The molecule has 16 heavy (non-hydrogen) atoms. The van der Waals surface area contributed by atoms with Crippen molar-refractivity contribution in [3.8, 4) is 0 Å². The zero-order valence-corrected chi connectivity index (χ0v) is 8.73. The molecule has 0 saturated carbocycles. The number of rotatable bonds is 3. The summed E-state index contributed by atoms with van der Waals surface area (Å²) in [5.41, 5.74) is 2.43. The van der Waals surface area contributed by atoms with Gasteiger partial charge in [-0.3, -0.25) is 9.59 Å². The third kappa shape index (κ3) is 2.08. The quantitative estimate of drug-likeness (QED) is 0.680. The van der Waals surface area contributed by atoms with Gasteiger partial charge in [0.05, 0.1) is 13.0 Å². The minimum atomic E-state index is -0.346. The molecule has 2 amide bonds. The Morgan fingerprint density at radius 2 is 2.50 bits per heavy atom. The molecular formula is C9H11N5O2. The maximum Gasteiger partial charge on any atom is 0.268 e. The van der Waals surface area contributed by atoms with E-state index < -0.39 is 0 Å². The lowest BCUT2D eigenvalue weighted by Gasteiger charge is -2.03. The Morgan fingerprint density at radius 3 is 3.06 bits per heavy atom. The molecule has 7 nitrogen and oxygen atoms in total. The fourth-order valence-corrected chi connectivity index (χ4v) is 1.32. The molecule has 0 atom stereocenters. The smallest absolute Gasteiger partial charge is 0.268 e. The van der Waals surface area contributed by atoms with Crippen molar-refractivity contribution in [2.75, 3.05) is 0 Å². The fourth-order valence-electron chi connectivity index (χ4n) is 1.32. The molecule has 2 heterocycles. The van der Waals surface area contributed by atoms with Crippen LogP contribution in [0.3, 0.4) is 0 Å². The van der Waals surface area contributed by atoms with E-state index in [4.69, 9.17) is 0 Å². The van der Waals surface area contributed by atoms with Crippen molar-refractivity contribution in [3.63, 3.8) is 0 Å². The van der Waals surface area contributed by atoms with Crippen LogP contribution in [0.4, 0.5) is 0 Å². The first-order chi connectivity index (χ1) is 7.66. The summed E-state index contributed by atoms with van der Waals surface area (Å²) in [5, 5.41) is 6.26. The highest BCUT2D eigenvalue weighted by Gasteiger charge is 2.21. The lowest BCUT2D eigenvalue weighted by atomic mass is 10.2. The molecule has 2 rings (SSSR count). The molecule has 0 aromatic carbocycles. The maximum atomic E-state index is 11.5. The number of aryl methyl sites for hydroxylation is 1. The molecule has 1 aromatic heterocycles. The van der Waals surface area contributed by atoms with Crippen LogP contribution in [0, 0.1) is 0 Å². The van der Waals surface area contributed by atoms with Crippen LogP contribution >= 0.6 is 0 Å². The summed E-state index contributed by atoms with van der Waals surface area (Å²) in [6.45, 7) is 0.315. The number of nitrogens with one attached hydrogen (secondary N) is 2. The first-order valence-corrected chi connectivity index (χ1v) is 4.76. The van der Waals surface area contributed by atoms with Crippen LogP contribution in [0.2, 0.25) is 0 Å². The van der Waals surface area contributed by atoms with Crippen molar-refractivity contribution in [2.45, 2.75) is 13.0 Å². The van der Waals surface area contributed by atoms with Gasteiger partial charge < -0.3 is 9.88 Å². The van der Waals surface area contributed by atoms with Gasteiger partial charge in [-0.25, -0.2) is 10.4 Å². The molecule has 7 heteroatoms. The number of imidazole rings is 1. The minimum Gasteiger partial charge on any atom is -0.344 e. The van der Waals surface area contributed by atoms with Gasteiger partial charge in [0.25, 0.3) is 5.91 Å². The number of carbonyl (C=O) groups excluding carboxylic acids is 2. The van der Waals surface area contributed by atoms with Crippen LogP contribution in [0.5, 0.6) is 0 Å². The zero-order chi connectivity index (χ0) is 11.5. The van der Waals surface area contributed by atoms with Gasteiger partial charge in [-0.15, -0.1) is 0 Å². The normalized spacial score (nSPS) is 14.6. The summed E-state index contributed by atoms with van der Waals surface area (Å²) >= 11 is 0. The van der Waals surface area contributed by atoms with E-state index in [9.17, 15) is 9.59 Å². The Hall–Kier alpha value is -2.18. The second-order valence-electron chi connectivity index (χ2n) is 3.41. The molecular weight excluding hydrogens is 210 g/mol. The van der Waals surface area contributed by atoms with Crippen LogP contribution in [0.25, 0.3) is 0 Å². The van der Waals surface area contributed by atoms with Crippen molar-refractivity contribution < 1.29 is 9.59 Å². The van der Waals surface area contributed by atoms with Crippen molar-refractivity contribution in [3.05, 3.63) is 18.2 Å². The van der Waals surface area contributed by atoms with Gasteiger partial charge in [0.1, 0.15) is 11.5 Å². The largest absolute Gasteiger partial charge is 0.344 e. The zero-order valence-electron chi connectivity index (χ0n) is 8.73. The molecule has 1 aliphatic rings. The second kappa shape index (κ2) is 4.13. The summed E-state index contributed by atoms with van der Waals surface area (Å²) < 4.78 is 1.81. The molecule has 0 radical (unpaired) electrons. The van der Waals surface area contributed by atoms with Crippen LogP contribution in [0.15, 0.2) is 17.5 Å². The van der Waals surface area contributed by atoms with E-state index >= 15 is 0 Å². The van der Waals surface area contributed by atoms with Crippen LogP contribution in [-0.2, 0) is 23.2 Å². The standard InChI is InChI=1S/C9H11N5O2/c1-14-3-2-10-7(14)5-11-9(16)6-4-8(15)13-12-6/h2-3H,4-5H2,1H3,(H,11,16)(H,13,15). The number of hydrogen-bond donors (Lipinski definition) is 2. The predicted octanol–water partition coefficient (Wildman–Crippen LogP) is -1.09. The number of aromatic nitrogens is 2. The van der Waals surface area contributed by atoms with Gasteiger partial charge in [0, 0.05) is 19.4 Å². The van der Waals surface area contributed by atoms with Gasteiger partial charge in [0.2, 0.25) is 5.91 Å². The first-order valence-electron chi connectivity index (χ1n) is 4.76. The fraction of sp³-hybridized carbons (Fsp3) is 0.333. The summed E-state index contributed by atoms with van der Waals surface area (Å²) in [5.74, 6) is 0.134. The SMILES string of the molecule is Cn1ccnc1CNC(=O)C1=NNC(=O)C1. The number of hydrogen-bond acceptors (Lipinski definition) is 4.